The Morgan fingerprint density at radius 1 is 1.33 bits per heavy atom. The number of aliphatic imine (C=N–C) groups is 1. The monoisotopic (exact) mass is 333 g/mol. The molecular formula is C17H31N7. The fourth-order valence-corrected chi connectivity index (χ4v) is 3.75. The zero-order chi connectivity index (χ0) is 16.8. The number of nitrogens with one attached hydrogen (secondary N) is 2. The summed E-state index contributed by atoms with van der Waals surface area (Å²) in [5.41, 5.74) is 0. The molecule has 0 radical (unpaired) electrons. The second-order valence-electron chi connectivity index (χ2n) is 6.74. The number of fused-ring (bicyclic) bond motifs is 1. The SMILES string of the molecule is CCNC(=NCC1CCCCN1CC)NC1CCc2ncnn2C1. The third-order valence-electron chi connectivity index (χ3n) is 5.11. The minimum absolute atomic E-state index is 0.366. The molecule has 0 aromatic carbocycles. The van der Waals surface area contributed by atoms with Crippen molar-refractivity contribution in [1.82, 2.24) is 30.3 Å². The minimum Gasteiger partial charge on any atom is -0.357 e. The van der Waals surface area contributed by atoms with E-state index >= 15 is 0 Å². The largest absolute Gasteiger partial charge is 0.357 e. The Morgan fingerprint density at radius 3 is 3.08 bits per heavy atom. The highest BCUT2D eigenvalue weighted by Crippen LogP contribution is 2.17. The highest BCUT2D eigenvalue weighted by molar-refractivity contribution is 5.80. The topological polar surface area (TPSA) is 70.4 Å². The molecule has 134 valence electrons. The molecule has 3 rings (SSSR count). The number of piperidine rings is 1. The van der Waals surface area contributed by atoms with Crippen LogP contribution in [0.5, 0.6) is 0 Å². The van der Waals surface area contributed by atoms with E-state index in [1.165, 1.54) is 25.8 Å². The smallest absolute Gasteiger partial charge is 0.191 e. The zero-order valence-electron chi connectivity index (χ0n) is 15.0. The van der Waals surface area contributed by atoms with E-state index in [0.717, 1.165) is 50.8 Å². The first-order chi connectivity index (χ1) is 11.8. The lowest BCUT2D eigenvalue weighted by Crippen LogP contribution is -2.48. The maximum Gasteiger partial charge on any atom is 0.191 e. The molecule has 7 heteroatoms. The molecule has 0 amide bonds. The highest BCUT2D eigenvalue weighted by Gasteiger charge is 2.22. The fraction of sp³-hybridized carbons (Fsp3) is 0.824. The Hall–Kier alpha value is -1.63. The van der Waals surface area contributed by atoms with Gasteiger partial charge in [-0.15, -0.1) is 0 Å². The number of aryl methyl sites for hydroxylation is 1. The molecule has 7 nitrogen and oxygen atoms in total. The molecule has 2 aliphatic heterocycles. The van der Waals surface area contributed by atoms with Crippen LogP contribution in [-0.2, 0) is 13.0 Å². The van der Waals surface area contributed by atoms with Gasteiger partial charge in [0.25, 0.3) is 0 Å². The standard InChI is InChI=1S/C17H31N7/c1-3-18-17(19-11-15-7-5-6-10-23(15)4-2)22-14-8-9-16-20-13-21-24(16)12-14/h13-15H,3-12H2,1-2H3,(H2,18,19,22). The molecule has 1 aromatic heterocycles. The maximum absolute atomic E-state index is 4.88. The quantitative estimate of drug-likeness (QED) is 0.622. The molecule has 1 saturated heterocycles. The van der Waals surface area contributed by atoms with E-state index < -0.39 is 0 Å². The first-order valence-corrected chi connectivity index (χ1v) is 9.45. The van der Waals surface area contributed by atoms with Crippen LogP contribution in [0.3, 0.4) is 0 Å². The lowest BCUT2D eigenvalue weighted by Gasteiger charge is -2.34. The summed E-state index contributed by atoms with van der Waals surface area (Å²) in [4.78, 5) is 11.7. The van der Waals surface area contributed by atoms with Crippen LogP contribution in [0, 0.1) is 0 Å². The van der Waals surface area contributed by atoms with Crippen LogP contribution in [0.4, 0.5) is 0 Å². The molecule has 0 bridgehead atoms. The van der Waals surface area contributed by atoms with Crippen LogP contribution >= 0.6 is 0 Å². The number of likely N-dealkylation sites (tertiary alicyclic amines) is 1. The Kier molecular flexibility index (Phi) is 6.07. The third-order valence-corrected chi connectivity index (χ3v) is 5.11. The van der Waals surface area contributed by atoms with Crippen molar-refractivity contribution >= 4 is 5.96 Å². The predicted molar refractivity (Wildman–Crippen MR) is 96.1 cm³/mol. The Bertz CT molecular complexity index is 539. The van der Waals surface area contributed by atoms with Crippen molar-refractivity contribution in [3.63, 3.8) is 0 Å². The van der Waals surface area contributed by atoms with Gasteiger partial charge in [0.1, 0.15) is 12.2 Å². The van der Waals surface area contributed by atoms with Gasteiger partial charge in [-0.1, -0.05) is 13.3 Å². The summed E-state index contributed by atoms with van der Waals surface area (Å²) in [6.45, 7) is 9.35. The Balaban J connectivity index is 1.57. The minimum atomic E-state index is 0.366. The van der Waals surface area contributed by atoms with Crippen molar-refractivity contribution in [3.05, 3.63) is 12.2 Å². The average molecular weight is 333 g/mol. The van der Waals surface area contributed by atoms with Crippen molar-refractivity contribution in [2.75, 3.05) is 26.2 Å². The van der Waals surface area contributed by atoms with Crippen LogP contribution in [-0.4, -0.2) is 63.9 Å². The van der Waals surface area contributed by atoms with Gasteiger partial charge in [-0.2, -0.15) is 5.10 Å². The van der Waals surface area contributed by atoms with Crippen molar-refractivity contribution in [2.45, 2.75) is 64.6 Å². The van der Waals surface area contributed by atoms with E-state index in [0.29, 0.717) is 12.1 Å². The summed E-state index contributed by atoms with van der Waals surface area (Å²) in [5.74, 6) is 2.03. The van der Waals surface area contributed by atoms with E-state index in [-0.39, 0.29) is 0 Å². The van der Waals surface area contributed by atoms with Gasteiger partial charge in [0, 0.05) is 25.0 Å². The van der Waals surface area contributed by atoms with Crippen LogP contribution < -0.4 is 10.6 Å². The summed E-state index contributed by atoms with van der Waals surface area (Å²) in [6.07, 6.45) is 7.63. The number of likely N-dealkylation sites (N-methyl/N-ethyl adjacent to an activating group) is 1. The number of hydrogen-bond donors (Lipinski definition) is 2. The lowest BCUT2D eigenvalue weighted by molar-refractivity contribution is 0.161. The van der Waals surface area contributed by atoms with Gasteiger partial charge in [-0.25, -0.2) is 9.67 Å². The number of rotatable bonds is 5. The van der Waals surface area contributed by atoms with E-state index in [1.807, 2.05) is 4.68 Å². The molecule has 2 N–H and O–H groups in total. The van der Waals surface area contributed by atoms with E-state index in [1.54, 1.807) is 6.33 Å². The zero-order valence-corrected chi connectivity index (χ0v) is 15.0. The van der Waals surface area contributed by atoms with E-state index in [2.05, 4.69) is 39.5 Å². The molecule has 3 heterocycles. The van der Waals surface area contributed by atoms with Crippen LogP contribution in [0.15, 0.2) is 11.3 Å². The molecule has 24 heavy (non-hydrogen) atoms. The van der Waals surface area contributed by atoms with Gasteiger partial charge < -0.3 is 10.6 Å². The molecule has 1 aromatic rings. The van der Waals surface area contributed by atoms with E-state index in [9.17, 15) is 0 Å². The molecule has 0 saturated carbocycles. The third kappa shape index (κ3) is 4.26. The summed E-state index contributed by atoms with van der Waals surface area (Å²) >= 11 is 0. The van der Waals surface area contributed by atoms with Crippen molar-refractivity contribution in [1.29, 1.82) is 0 Å². The number of nitrogens with zero attached hydrogens (tertiary/aromatic N) is 5. The molecule has 2 aliphatic rings. The second-order valence-corrected chi connectivity index (χ2v) is 6.74. The van der Waals surface area contributed by atoms with Gasteiger partial charge in [-0.3, -0.25) is 9.89 Å². The second kappa shape index (κ2) is 8.46. The average Bonchev–Trinajstić information content (AvgIpc) is 3.08. The summed E-state index contributed by atoms with van der Waals surface area (Å²) < 4.78 is 2.00. The van der Waals surface area contributed by atoms with E-state index in [4.69, 9.17) is 4.99 Å². The Labute approximate surface area is 144 Å². The lowest BCUT2D eigenvalue weighted by atomic mass is 10.0. The van der Waals surface area contributed by atoms with Gasteiger partial charge in [0.2, 0.25) is 0 Å². The van der Waals surface area contributed by atoms with Crippen molar-refractivity contribution < 1.29 is 0 Å². The molecule has 2 atom stereocenters. The fourth-order valence-electron chi connectivity index (χ4n) is 3.75. The normalized spacial score (nSPS) is 25.3. The van der Waals surface area contributed by atoms with Gasteiger partial charge in [-0.05, 0) is 39.3 Å². The first-order valence-electron chi connectivity index (χ1n) is 9.45. The van der Waals surface area contributed by atoms with Crippen molar-refractivity contribution in [3.8, 4) is 0 Å². The predicted octanol–water partition coefficient (Wildman–Crippen LogP) is 1.02. The van der Waals surface area contributed by atoms with Crippen LogP contribution in [0.2, 0.25) is 0 Å². The Morgan fingerprint density at radius 2 is 2.25 bits per heavy atom. The van der Waals surface area contributed by atoms with Gasteiger partial charge in [0.15, 0.2) is 5.96 Å². The number of hydrogen-bond acceptors (Lipinski definition) is 4. The summed E-state index contributed by atoms with van der Waals surface area (Å²) in [5, 5.41) is 11.3. The molecule has 0 spiro atoms. The van der Waals surface area contributed by atoms with Gasteiger partial charge in [0.05, 0.1) is 13.1 Å². The van der Waals surface area contributed by atoms with Crippen molar-refractivity contribution in [2.24, 2.45) is 4.99 Å². The summed E-state index contributed by atoms with van der Waals surface area (Å²) in [7, 11) is 0. The molecular weight excluding hydrogens is 302 g/mol. The molecule has 0 aliphatic carbocycles. The summed E-state index contributed by atoms with van der Waals surface area (Å²) in [6, 6.07) is 0.957. The molecule has 2 unspecified atom stereocenters. The van der Waals surface area contributed by atoms with Gasteiger partial charge >= 0.3 is 0 Å². The van der Waals surface area contributed by atoms with Crippen LogP contribution in [0.1, 0.15) is 45.4 Å². The highest BCUT2D eigenvalue weighted by atomic mass is 15.4. The maximum atomic E-state index is 4.88. The number of guanidine groups is 1. The first kappa shape index (κ1) is 17.2. The van der Waals surface area contributed by atoms with Crippen LogP contribution in [0.25, 0.3) is 0 Å². The molecule has 1 fully saturated rings. The number of aromatic nitrogens is 3.